The van der Waals surface area contributed by atoms with Gasteiger partial charge >= 0.3 is 12.1 Å². The monoisotopic (exact) mass is 496 g/mol. The number of ether oxygens (including phenoxy) is 3. The lowest BCUT2D eigenvalue weighted by molar-refractivity contribution is -0.369. The second-order valence-corrected chi connectivity index (χ2v) is 11.7. The molecule has 1 saturated heterocycles. The Bertz CT molecular complexity index is 921. The van der Waals surface area contributed by atoms with E-state index in [-0.39, 0.29) is 6.42 Å². The molecule has 0 aromatic rings. The van der Waals surface area contributed by atoms with Gasteiger partial charge in [-0.1, -0.05) is 26.8 Å². The quantitative estimate of drug-likeness (QED) is 0.302. The SMILES string of the molecule is C=C[C@@]1(C)CC(=O)[C@]2(O)[C@@]3(C)[C@@H](O)CCC(C)(C)[C@@H]3[C@H](OC(C)=O)[C@H](OC(=O)NN(C)C)[C@@]2(C)O1. The van der Waals surface area contributed by atoms with Crippen LogP contribution in [0.1, 0.15) is 60.8 Å². The molecule has 1 heterocycles. The summed E-state index contributed by atoms with van der Waals surface area (Å²) in [5, 5.41) is 25.3. The summed E-state index contributed by atoms with van der Waals surface area (Å²) in [6.45, 7) is 13.7. The number of esters is 1. The predicted molar refractivity (Wildman–Crippen MR) is 126 cm³/mol. The second-order valence-electron chi connectivity index (χ2n) is 11.7. The van der Waals surface area contributed by atoms with E-state index in [1.54, 1.807) is 27.9 Å². The van der Waals surface area contributed by atoms with Gasteiger partial charge < -0.3 is 24.4 Å². The van der Waals surface area contributed by atoms with Gasteiger partial charge in [0.1, 0.15) is 11.7 Å². The van der Waals surface area contributed by atoms with Crippen molar-refractivity contribution in [2.45, 2.75) is 95.9 Å². The summed E-state index contributed by atoms with van der Waals surface area (Å²) in [6.07, 6.45) is -2.36. The molecule has 0 radical (unpaired) electrons. The summed E-state index contributed by atoms with van der Waals surface area (Å²) >= 11 is 0. The molecule has 35 heavy (non-hydrogen) atoms. The summed E-state index contributed by atoms with van der Waals surface area (Å²) in [6, 6.07) is 0. The van der Waals surface area contributed by atoms with Gasteiger partial charge in [-0.2, -0.15) is 0 Å². The molecular weight excluding hydrogens is 456 g/mol. The Morgan fingerprint density at radius 3 is 2.31 bits per heavy atom. The van der Waals surface area contributed by atoms with Crippen LogP contribution < -0.4 is 5.43 Å². The van der Waals surface area contributed by atoms with Crippen molar-refractivity contribution in [1.82, 2.24) is 10.4 Å². The van der Waals surface area contributed by atoms with Crippen LogP contribution >= 0.6 is 0 Å². The molecule has 0 bridgehead atoms. The molecule has 3 N–H and O–H groups in total. The van der Waals surface area contributed by atoms with Crippen molar-refractivity contribution >= 4 is 17.8 Å². The molecule has 10 nitrogen and oxygen atoms in total. The number of aliphatic hydroxyl groups excluding tert-OH is 1. The van der Waals surface area contributed by atoms with Crippen molar-refractivity contribution in [3.63, 3.8) is 0 Å². The number of carbonyl (C=O) groups excluding carboxylic acids is 3. The maximum atomic E-state index is 13.9. The molecule has 2 saturated carbocycles. The Kier molecular flexibility index (Phi) is 6.73. The van der Waals surface area contributed by atoms with Crippen molar-refractivity contribution in [3.8, 4) is 0 Å². The Hall–Kier alpha value is -2.01. The van der Waals surface area contributed by atoms with Gasteiger partial charge in [-0.25, -0.2) is 9.80 Å². The van der Waals surface area contributed by atoms with E-state index in [1.807, 2.05) is 13.8 Å². The Balaban J connectivity index is 2.34. The van der Waals surface area contributed by atoms with Crippen LogP contribution in [0.3, 0.4) is 0 Å². The lowest BCUT2D eigenvalue weighted by Crippen LogP contribution is -2.87. The highest BCUT2D eigenvalue weighted by atomic mass is 16.6. The van der Waals surface area contributed by atoms with Crippen LogP contribution in [0.4, 0.5) is 4.79 Å². The fraction of sp³-hybridized carbons (Fsp3) is 0.800. The van der Waals surface area contributed by atoms with Crippen molar-refractivity contribution in [3.05, 3.63) is 12.7 Å². The largest absolute Gasteiger partial charge is 0.458 e. The first-order valence-corrected chi connectivity index (χ1v) is 12.0. The number of nitrogens with zero attached hydrogens (tertiary/aromatic N) is 1. The molecule has 0 aromatic carbocycles. The van der Waals surface area contributed by atoms with Gasteiger partial charge in [0.15, 0.2) is 17.5 Å². The molecular formula is C25H40N2O8. The summed E-state index contributed by atoms with van der Waals surface area (Å²) in [4.78, 5) is 39.1. The number of hydrogen-bond donors (Lipinski definition) is 3. The van der Waals surface area contributed by atoms with E-state index in [9.17, 15) is 24.6 Å². The molecule has 3 aliphatic rings. The Morgan fingerprint density at radius 2 is 1.80 bits per heavy atom. The van der Waals surface area contributed by atoms with E-state index in [4.69, 9.17) is 14.2 Å². The van der Waals surface area contributed by atoms with Gasteiger partial charge in [0.2, 0.25) is 0 Å². The maximum Gasteiger partial charge on any atom is 0.422 e. The second kappa shape index (κ2) is 8.54. The van der Waals surface area contributed by atoms with Crippen LogP contribution in [0.25, 0.3) is 0 Å². The molecule has 0 spiro atoms. The topological polar surface area (TPSA) is 135 Å². The van der Waals surface area contributed by atoms with Gasteiger partial charge in [-0.05, 0) is 32.1 Å². The zero-order valence-electron chi connectivity index (χ0n) is 22.0. The first kappa shape index (κ1) is 27.6. The number of Topliss-reactive ketones (excluding diaryl/α,β-unsaturated/α-hetero) is 1. The molecule has 2 aliphatic carbocycles. The molecule has 1 aliphatic heterocycles. The van der Waals surface area contributed by atoms with Crippen LogP contribution in [-0.2, 0) is 23.8 Å². The van der Waals surface area contributed by atoms with Gasteiger partial charge in [0.25, 0.3) is 0 Å². The number of rotatable bonds is 4. The highest BCUT2D eigenvalue weighted by Gasteiger charge is 2.82. The molecule has 10 heteroatoms. The fourth-order valence-corrected chi connectivity index (χ4v) is 7.08. The molecule has 198 valence electrons. The fourth-order valence-electron chi connectivity index (χ4n) is 7.08. The van der Waals surface area contributed by atoms with E-state index in [1.165, 1.54) is 24.9 Å². The smallest absolute Gasteiger partial charge is 0.422 e. The van der Waals surface area contributed by atoms with Gasteiger partial charge in [-0.3, -0.25) is 15.0 Å². The number of ketones is 1. The number of amides is 1. The highest BCUT2D eigenvalue weighted by Crippen LogP contribution is 2.67. The van der Waals surface area contributed by atoms with Gasteiger partial charge in [0, 0.05) is 38.8 Å². The maximum absolute atomic E-state index is 13.9. The van der Waals surface area contributed by atoms with Crippen molar-refractivity contribution in [2.75, 3.05) is 14.1 Å². The van der Waals surface area contributed by atoms with Gasteiger partial charge in [0.05, 0.1) is 11.7 Å². The molecule has 3 rings (SSSR count). The summed E-state index contributed by atoms with van der Waals surface area (Å²) in [5.74, 6) is -1.93. The third-order valence-corrected chi connectivity index (χ3v) is 8.55. The summed E-state index contributed by atoms with van der Waals surface area (Å²) in [7, 11) is 3.19. The average Bonchev–Trinajstić information content (AvgIpc) is 2.70. The van der Waals surface area contributed by atoms with E-state index in [0.717, 1.165) is 0 Å². The molecule has 0 aromatic heterocycles. The lowest BCUT2D eigenvalue weighted by Gasteiger charge is -2.71. The van der Waals surface area contributed by atoms with E-state index >= 15 is 0 Å². The predicted octanol–water partition coefficient (Wildman–Crippen LogP) is 1.73. The van der Waals surface area contributed by atoms with Crippen LogP contribution in [0.15, 0.2) is 12.7 Å². The molecule has 3 fully saturated rings. The third-order valence-electron chi connectivity index (χ3n) is 8.55. The summed E-state index contributed by atoms with van der Waals surface area (Å²) < 4.78 is 18.1. The number of aliphatic hydroxyl groups is 2. The average molecular weight is 497 g/mol. The normalized spacial score (nSPS) is 44.6. The zero-order chi connectivity index (χ0) is 26.8. The highest BCUT2D eigenvalue weighted by molar-refractivity contribution is 5.92. The molecule has 1 amide bonds. The minimum Gasteiger partial charge on any atom is -0.458 e. The first-order chi connectivity index (χ1) is 15.9. The standard InChI is InChI=1S/C25H40N2O8/c1-10-22(5)13-16(30)25(32)23(6)15(29)11-12-21(3,4)18(23)17(33-14(2)28)19(24(25,7)35-22)34-20(31)26-27(8)9/h10,15,17-19,29,32H,1,11-13H2,2-9H3,(H,26,31)/t15-,17-,18-,19-,22-,23-,24+,25-/m0/s1. The van der Waals surface area contributed by atoms with Crippen LogP contribution in [0.2, 0.25) is 0 Å². The van der Waals surface area contributed by atoms with E-state index in [0.29, 0.717) is 12.8 Å². The van der Waals surface area contributed by atoms with E-state index in [2.05, 4.69) is 12.0 Å². The number of carbonyl (C=O) groups is 3. The minimum atomic E-state index is -2.27. The lowest BCUT2D eigenvalue weighted by atomic mass is 9.39. The van der Waals surface area contributed by atoms with Crippen molar-refractivity contribution in [2.24, 2.45) is 16.7 Å². The number of fused-ring (bicyclic) bond motifs is 3. The van der Waals surface area contributed by atoms with E-state index < -0.39 is 69.7 Å². The Morgan fingerprint density at radius 1 is 1.20 bits per heavy atom. The minimum absolute atomic E-state index is 0.188. The van der Waals surface area contributed by atoms with Crippen LogP contribution in [0.5, 0.6) is 0 Å². The summed E-state index contributed by atoms with van der Waals surface area (Å²) in [5.41, 5.74) is -4.97. The van der Waals surface area contributed by atoms with Crippen molar-refractivity contribution < 1.29 is 38.8 Å². The van der Waals surface area contributed by atoms with Crippen molar-refractivity contribution in [1.29, 1.82) is 0 Å². The zero-order valence-corrected chi connectivity index (χ0v) is 22.0. The molecule has 0 unspecified atom stereocenters. The number of hydrazine groups is 1. The number of hydrogen-bond acceptors (Lipinski definition) is 9. The number of nitrogens with one attached hydrogen (secondary N) is 1. The molecule has 8 atom stereocenters. The van der Waals surface area contributed by atoms with Gasteiger partial charge in [-0.15, -0.1) is 6.58 Å². The first-order valence-electron chi connectivity index (χ1n) is 12.0. The Labute approximate surface area is 206 Å². The third kappa shape index (κ3) is 3.89. The van der Waals surface area contributed by atoms with Crippen LogP contribution in [0, 0.1) is 16.7 Å². The van der Waals surface area contributed by atoms with Crippen LogP contribution in [-0.4, -0.2) is 82.3 Å².